The Bertz CT molecular complexity index is 578. The Labute approximate surface area is 132 Å². The normalized spacial score (nSPS) is 23.9. The fourth-order valence-corrected chi connectivity index (χ4v) is 2.96. The van der Waals surface area contributed by atoms with Crippen molar-refractivity contribution in [1.29, 1.82) is 0 Å². The number of nitrogens with one attached hydrogen (secondary N) is 1. The summed E-state index contributed by atoms with van der Waals surface area (Å²) in [5, 5.41) is 2.88. The van der Waals surface area contributed by atoms with E-state index in [9.17, 15) is 18.0 Å². The molecule has 1 aromatic carbocycles. The van der Waals surface area contributed by atoms with E-state index in [2.05, 4.69) is 5.32 Å². The highest BCUT2D eigenvalue weighted by molar-refractivity contribution is 5.82. The van der Waals surface area contributed by atoms with Crippen molar-refractivity contribution >= 4 is 5.91 Å². The summed E-state index contributed by atoms with van der Waals surface area (Å²) in [5.41, 5.74) is -0.949. The number of benzene rings is 1. The van der Waals surface area contributed by atoms with Crippen LogP contribution in [-0.4, -0.2) is 31.8 Å². The van der Waals surface area contributed by atoms with Gasteiger partial charge in [-0.05, 0) is 37.0 Å². The molecule has 2 aliphatic rings. The summed E-state index contributed by atoms with van der Waals surface area (Å²) in [7, 11) is 0. The van der Waals surface area contributed by atoms with E-state index >= 15 is 0 Å². The highest BCUT2D eigenvalue weighted by Gasteiger charge is 2.43. The van der Waals surface area contributed by atoms with Gasteiger partial charge in [-0.15, -0.1) is 0 Å². The molecule has 2 fully saturated rings. The first-order chi connectivity index (χ1) is 10.9. The second-order valence-electron chi connectivity index (χ2n) is 5.94. The lowest BCUT2D eigenvalue weighted by Gasteiger charge is -2.44. The van der Waals surface area contributed by atoms with Crippen LogP contribution in [0.1, 0.15) is 30.4 Å². The van der Waals surface area contributed by atoms with Gasteiger partial charge in [0.15, 0.2) is 6.10 Å². The van der Waals surface area contributed by atoms with E-state index in [0.717, 1.165) is 18.6 Å². The number of amides is 1. The summed E-state index contributed by atoms with van der Waals surface area (Å²) in [5.74, 6) is -0.332. The average Bonchev–Trinajstić information content (AvgIpc) is 2.51. The van der Waals surface area contributed by atoms with E-state index in [-0.39, 0.29) is 12.5 Å². The standard InChI is InChI=1S/C16H18F3NO3/c17-16(18,19)12-4-1-3-11(9-12)15(5-2-6-15)20-14(21)13-10-22-7-8-23-13/h1,3-4,9,13H,2,5-8,10H2,(H,20,21)/t13-/m0/s1. The molecule has 0 unspecified atom stereocenters. The van der Waals surface area contributed by atoms with E-state index < -0.39 is 23.4 Å². The first kappa shape index (κ1) is 16.3. The maximum Gasteiger partial charge on any atom is 0.416 e. The maximum absolute atomic E-state index is 12.9. The third-order valence-corrected chi connectivity index (χ3v) is 4.42. The average molecular weight is 329 g/mol. The number of halogens is 3. The van der Waals surface area contributed by atoms with Crippen molar-refractivity contribution in [2.24, 2.45) is 0 Å². The molecule has 0 bridgehead atoms. The summed E-state index contributed by atoms with van der Waals surface area (Å²) in [6.07, 6.45) is -3.00. The number of alkyl halides is 3. The molecule has 1 aliphatic carbocycles. The predicted molar refractivity (Wildman–Crippen MR) is 75.7 cm³/mol. The fraction of sp³-hybridized carbons (Fsp3) is 0.562. The van der Waals surface area contributed by atoms with Gasteiger partial charge < -0.3 is 14.8 Å². The summed E-state index contributed by atoms with van der Waals surface area (Å²) >= 11 is 0. The molecular weight excluding hydrogens is 311 g/mol. The second-order valence-corrected chi connectivity index (χ2v) is 5.94. The molecule has 1 aliphatic heterocycles. The zero-order valence-corrected chi connectivity index (χ0v) is 12.5. The van der Waals surface area contributed by atoms with Crippen LogP contribution in [0.15, 0.2) is 24.3 Å². The number of rotatable bonds is 3. The van der Waals surface area contributed by atoms with Crippen LogP contribution in [0.5, 0.6) is 0 Å². The van der Waals surface area contributed by atoms with Gasteiger partial charge in [0.2, 0.25) is 0 Å². The minimum Gasteiger partial charge on any atom is -0.376 e. The van der Waals surface area contributed by atoms with Gasteiger partial charge in [-0.25, -0.2) is 0 Å². The smallest absolute Gasteiger partial charge is 0.376 e. The van der Waals surface area contributed by atoms with Crippen LogP contribution in [0, 0.1) is 0 Å². The molecule has 0 radical (unpaired) electrons. The first-order valence-corrected chi connectivity index (χ1v) is 7.60. The van der Waals surface area contributed by atoms with Crippen LogP contribution in [0.2, 0.25) is 0 Å². The van der Waals surface area contributed by atoms with Gasteiger partial charge in [0, 0.05) is 0 Å². The lowest BCUT2D eigenvalue weighted by atomic mass is 9.71. The molecule has 1 aromatic rings. The summed E-state index contributed by atoms with van der Waals surface area (Å²) in [6, 6.07) is 5.17. The van der Waals surface area contributed by atoms with Crippen LogP contribution in [0.3, 0.4) is 0 Å². The second kappa shape index (κ2) is 6.13. The van der Waals surface area contributed by atoms with Crippen LogP contribution in [0.25, 0.3) is 0 Å². The Hall–Kier alpha value is -1.60. The highest BCUT2D eigenvalue weighted by Crippen LogP contribution is 2.43. The Morgan fingerprint density at radius 1 is 1.26 bits per heavy atom. The van der Waals surface area contributed by atoms with Crippen molar-refractivity contribution < 1.29 is 27.4 Å². The zero-order chi connectivity index (χ0) is 16.5. The van der Waals surface area contributed by atoms with Crippen molar-refractivity contribution in [1.82, 2.24) is 5.32 Å². The van der Waals surface area contributed by atoms with E-state index in [1.807, 2.05) is 0 Å². The topological polar surface area (TPSA) is 47.6 Å². The summed E-state index contributed by atoms with van der Waals surface area (Å²) in [6.45, 7) is 0.960. The molecule has 4 nitrogen and oxygen atoms in total. The maximum atomic E-state index is 12.9. The van der Waals surface area contributed by atoms with Crippen molar-refractivity contribution in [3.8, 4) is 0 Å². The van der Waals surface area contributed by atoms with Gasteiger partial charge in [-0.1, -0.05) is 12.1 Å². The van der Waals surface area contributed by atoms with Gasteiger partial charge in [-0.3, -0.25) is 4.79 Å². The molecule has 1 heterocycles. The lowest BCUT2D eigenvalue weighted by molar-refractivity contribution is -0.150. The Kier molecular flexibility index (Phi) is 4.33. The van der Waals surface area contributed by atoms with Crippen LogP contribution in [-0.2, 0) is 26.0 Å². The van der Waals surface area contributed by atoms with Gasteiger partial charge in [-0.2, -0.15) is 13.2 Å². The van der Waals surface area contributed by atoms with Gasteiger partial charge in [0.1, 0.15) is 0 Å². The Morgan fingerprint density at radius 2 is 2.04 bits per heavy atom. The summed E-state index contributed by atoms with van der Waals surface area (Å²) < 4.78 is 49.3. The van der Waals surface area contributed by atoms with E-state index in [1.165, 1.54) is 6.07 Å². The predicted octanol–water partition coefficient (Wildman–Crippen LogP) is 2.62. The zero-order valence-electron chi connectivity index (χ0n) is 12.5. The van der Waals surface area contributed by atoms with E-state index in [4.69, 9.17) is 9.47 Å². The third-order valence-electron chi connectivity index (χ3n) is 4.42. The molecule has 126 valence electrons. The fourth-order valence-electron chi connectivity index (χ4n) is 2.96. The summed E-state index contributed by atoms with van der Waals surface area (Å²) in [4.78, 5) is 12.3. The SMILES string of the molecule is O=C(NC1(c2cccc(C(F)(F)F)c2)CCC1)[C@@H]1COCCO1. The lowest BCUT2D eigenvalue weighted by Crippen LogP contribution is -2.55. The monoisotopic (exact) mass is 329 g/mol. The molecule has 1 saturated carbocycles. The van der Waals surface area contributed by atoms with Crippen molar-refractivity contribution in [3.05, 3.63) is 35.4 Å². The first-order valence-electron chi connectivity index (χ1n) is 7.60. The number of carbonyl (C=O) groups is 1. The minimum absolute atomic E-state index is 0.171. The molecule has 7 heteroatoms. The largest absolute Gasteiger partial charge is 0.416 e. The quantitative estimate of drug-likeness (QED) is 0.927. The molecule has 0 spiro atoms. The van der Waals surface area contributed by atoms with E-state index in [0.29, 0.717) is 31.6 Å². The molecule has 1 saturated heterocycles. The molecule has 0 aromatic heterocycles. The molecule has 1 atom stereocenters. The van der Waals surface area contributed by atoms with Crippen molar-refractivity contribution in [2.75, 3.05) is 19.8 Å². The number of carbonyl (C=O) groups excluding carboxylic acids is 1. The van der Waals surface area contributed by atoms with E-state index in [1.54, 1.807) is 6.07 Å². The number of ether oxygens (including phenoxy) is 2. The third kappa shape index (κ3) is 3.35. The minimum atomic E-state index is -4.40. The molecular formula is C16H18F3NO3. The van der Waals surface area contributed by atoms with Crippen molar-refractivity contribution in [2.45, 2.75) is 37.1 Å². The van der Waals surface area contributed by atoms with Crippen LogP contribution in [0.4, 0.5) is 13.2 Å². The Balaban J connectivity index is 1.79. The molecule has 1 amide bonds. The van der Waals surface area contributed by atoms with Crippen LogP contribution < -0.4 is 5.32 Å². The van der Waals surface area contributed by atoms with Crippen LogP contribution >= 0.6 is 0 Å². The molecule has 23 heavy (non-hydrogen) atoms. The Morgan fingerprint density at radius 3 is 2.61 bits per heavy atom. The number of hydrogen-bond donors (Lipinski definition) is 1. The highest BCUT2D eigenvalue weighted by atomic mass is 19.4. The van der Waals surface area contributed by atoms with Gasteiger partial charge in [0.25, 0.3) is 5.91 Å². The molecule has 3 rings (SSSR count). The van der Waals surface area contributed by atoms with Gasteiger partial charge in [0.05, 0.1) is 30.9 Å². The molecule has 1 N–H and O–H groups in total. The van der Waals surface area contributed by atoms with Crippen molar-refractivity contribution in [3.63, 3.8) is 0 Å². The van der Waals surface area contributed by atoms with Gasteiger partial charge >= 0.3 is 6.18 Å². The number of hydrogen-bond acceptors (Lipinski definition) is 3.